The fourth-order valence-corrected chi connectivity index (χ4v) is 4.22. The quantitative estimate of drug-likeness (QED) is 0.574. The molecule has 7 heteroatoms. The maximum absolute atomic E-state index is 13.3. The van der Waals surface area contributed by atoms with Gasteiger partial charge in [0.1, 0.15) is 11.5 Å². The molecule has 0 atom stereocenters. The van der Waals surface area contributed by atoms with Gasteiger partial charge in [0.2, 0.25) is 0 Å². The topological polar surface area (TPSA) is 49.6 Å². The van der Waals surface area contributed by atoms with E-state index in [1.54, 1.807) is 11.0 Å². The molecule has 144 valence electrons. The third-order valence-electron chi connectivity index (χ3n) is 4.47. The largest absolute Gasteiger partial charge is 0.466 e. The van der Waals surface area contributed by atoms with Gasteiger partial charge in [-0.25, -0.2) is 4.98 Å². The Kier molecular flexibility index (Phi) is 5.89. The van der Waals surface area contributed by atoms with Crippen LogP contribution in [0.15, 0.2) is 22.6 Å². The van der Waals surface area contributed by atoms with Gasteiger partial charge in [0.15, 0.2) is 5.13 Å². The summed E-state index contributed by atoms with van der Waals surface area (Å²) in [6, 6.07) is 5.64. The molecular weight excluding hydrogens is 382 g/mol. The number of furan rings is 1. The summed E-state index contributed by atoms with van der Waals surface area (Å²) >= 11 is 7.76. The zero-order chi connectivity index (χ0) is 19.7. The van der Waals surface area contributed by atoms with E-state index >= 15 is 0 Å². The lowest BCUT2D eigenvalue weighted by atomic mass is 10.2. The van der Waals surface area contributed by atoms with Crippen LogP contribution in [0, 0.1) is 20.8 Å². The molecule has 0 aliphatic carbocycles. The van der Waals surface area contributed by atoms with Crippen molar-refractivity contribution in [3.05, 3.63) is 45.9 Å². The molecule has 0 unspecified atom stereocenters. The standard InChI is InChI=1S/C20H24ClN3O2S/c1-12-11-15(14(3)26-12)19(25)24(10-6-9-23(4)5)20-22-18-13(2)16(21)7-8-17(18)27-20/h7-8,11H,6,9-10H2,1-5H3. The Balaban J connectivity index is 2.00. The van der Waals surface area contributed by atoms with Crippen molar-refractivity contribution in [1.82, 2.24) is 9.88 Å². The van der Waals surface area contributed by atoms with Crippen LogP contribution in [0.5, 0.6) is 0 Å². The maximum atomic E-state index is 13.3. The van der Waals surface area contributed by atoms with Crippen molar-refractivity contribution >= 4 is 44.2 Å². The zero-order valence-electron chi connectivity index (χ0n) is 16.3. The molecule has 27 heavy (non-hydrogen) atoms. The molecule has 0 fully saturated rings. The van der Waals surface area contributed by atoms with Crippen molar-refractivity contribution < 1.29 is 9.21 Å². The first kappa shape index (κ1) is 19.9. The fourth-order valence-electron chi connectivity index (χ4n) is 3.02. The predicted molar refractivity (Wildman–Crippen MR) is 112 cm³/mol. The minimum absolute atomic E-state index is 0.0779. The van der Waals surface area contributed by atoms with Crippen LogP contribution >= 0.6 is 22.9 Å². The average Bonchev–Trinajstić information content (AvgIpc) is 3.17. The molecule has 2 heterocycles. The molecule has 5 nitrogen and oxygen atoms in total. The van der Waals surface area contributed by atoms with E-state index in [1.807, 2.05) is 47.0 Å². The number of carbonyl (C=O) groups is 1. The number of hydrogen-bond acceptors (Lipinski definition) is 5. The van der Waals surface area contributed by atoms with Crippen LogP contribution in [0.4, 0.5) is 5.13 Å². The summed E-state index contributed by atoms with van der Waals surface area (Å²) in [5.74, 6) is 1.29. The number of halogens is 1. The first-order chi connectivity index (χ1) is 12.8. The van der Waals surface area contributed by atoms with Crippen molar-refractivity contribution in [3.63, 3.8) is 0 Å². The summed E-state index contributed by atoms with van der Waals surface area (Å²) in [7, 11) is 4.05. The normalized spacial score (nSPS) is 11.5. The van der Waals surface area contributed by atoms with Crippen molar-refractivity contribution in [3.8, 4) is 0 Å². The van der Waals surface area contributed by atoms with Gasteiger partial charge in [0, 0.05) is 11.6 Å². The lowest BCUT2D eigenvalue weighted by molar-refractivity contribution is 0.0984. The highest BCUT2D eigenvalue weighted by Gasteiger charge is 2.25. The van der Waals surface area contributed by atoms with E-state index in [0.717, 1.165) is 34.5 Å². The van der Waals surface area contributed by atoms with Crippen LogP contribution in [0.25, 0.3) is 10.2 Å². The van der Waals surface area contributed by atoms with Gasteiger partial charge in [-0.2, -0.15) is 0 Å². The highest BCUT2D eigenvalue weighted by atomic mass is 35.5. The molecule has 0 saturated heterocycles. The van der Waals surface area contributed by atoms with Crippen LogP contribution in [-0.2, 0) is 0 Å². The first-order valence-corrected chi connectivity index (χ1v) is 10.1. The van der Waals surface area contributed by atoms with Gasteiger partial charge >= 0.3 is 0 Å². The zero-order valence-corrected chi connectivity index (χ0v) is 17.9. The summed E-state index contributed by atoms with van der Waals surface area (Å²) in [6.07, 6.45) is 0.851. The molecule has 0 aliphatic rings. The third kappa shape index (κ3) is 4.18. The van der Waals surface area contributed by atoms with Gasteiger partial charge in [0.05, 0.1) is 15.8 Å². The number of amides is 1. The second kappa shape index (κ2) is 8.00. The summed E-state index contributed by atoms with van der Waals surface area (Å²) in [4.78, 5) is 21.9. The molecule has 0 saturated carbocycles. The van der Waals surface area contributed by atoms with E-state index in [2.05, 4.69) is 4.90 Å². The monoisotopic (exact) mass is 405 g/mol. The Morgan fingerprint density at radius 3 is 2.59 bits per heavy atom. The molecular formula is C20H24ClN3O2S. The van der Waals surface area contributed by atoms with Gasteiger partial charge in [0.25, 0.3) is 5.91 Å². The van der Waals surface area contributed by atoms with Crippen LogP contribution < -0.4 is 4.90 Å². The highest BCUT2D eigenvalue weighted by Crippen LogP contribution is 2.34. The highest BCUT2D eigenvalue weighted by molar-refractivity contribution is 7.22. The Bertz CT molecular complexity index is 977. The van der Waals surface area contributed by atoms with Crippen LogP contribution in [0.1, 0.15) is 33.9 Å². The summed E-state index contributed by atoms with van der Waals surface area (Å²) in [5.41, 5.74) is 2.38. The third-order valence-corrected chi connectivity index (χ3v) is 5.92. The number of rotatable bonds is 6. The summed E-state index contributed by atoms with van der Waals surface area (Å²) in [5, 5.41) is 1.38. The minimum atomic E-state index is -0.0779. The molecule has 0 spiro atoms. The Labute approximate surface area is 168 Å². The van der Waals surface area contributed by atoms with Gasteiger partial charge in [-0.15, -0.1) is 0 Å². The number of fused-ring (bicyclic) bond motifs is 1. The van der Waals surface area contributed by atoms with Crippen LogP contribution in [0.2, 0.25) is 5.02 Å². The smallest absolute Gasteiger partial charge is 0.263 e. The number of aryl methyl sites for hydroxylation is 3. The van der Waals surface area contributed by atoms with Gasteiger partial charge in [-0.1, -0.05) is 22.9 Å². The van der Waals surface area contributed by atoms with Crippen molar-refractivity contribution in [2.75, 3.05) is 32.1 Å². The lowest BCUT2D eigenvalue weighted by Gasteiger charge is -2.20. The second-order valence-electron chi connectivity index (χ2n) is 6.96. The Hall–Kier alpha value is -1.89. The van der Waals surface area contributed by atoms with Crippen molar-refractivity contribution in [1.29, 1.82) is 0 Å². The van der Waals surface area contributed by atoms with Crippen molar-refractivity contribution in [2.45, 2.75) is 27.2 Å². The van der Waals surface area contributed by atoms with Crippen LogP contribution in [0.3, 0.4) is 0 Å². The molecule has 3 rings (SSSR count). The summed E-state index contributed by atoms with van der Waals surface area (Å²) < 4.78 is 6.59. The number of carbonyl (C=O) groups excluding carboxylic acids is 1. The van der Waals surface area contributed by atoms with E-state index in [4.69, 9.17) is 21.0 Å². The Morgan fingerprint density at radius 1 is 1.22 bits per heavy atom. The number of hydrogen-bond donors (Lipinski definition) is 0. The Morgan fingerprint density at radius 2 is 1.96 bits per heavy atom. The number of anilines is 1. The number of nitrogens with zero attached hydrogens (tertiary/aromatic N) is 3. The average molecular weight is 406 g/mol. The SMILES string of the molecule is Cc1cc(C(=O)N(CCCN(C)C)c2nc3c(C)c(Cl)ccc3s2)c(C)o1. The molecule has 0 N–H and O–H groups in total. The van der Waals surface area contributed by atoms with E-state index in [1.165, 1.54) is 11.3 Å². The molecule has 1 amide bonds. The molecule has 0 aliphatic heterocycles. The second-order valence-corrected chi connectivity index (χ2v) is 8.37. The minimum Gasteiger partial charge on any atom is -0.466 e. The molecule has 0 bridgehead atoms. The van der Waals surface area contributed by atoms with Crippen molar-refractivity contribution in [2.24, 2.45) is 0 Å². The maximum Gasteiger partial charge on any atom is 0.263 e. The predicted octanol–water partition coefficient (Wildman–Crippen LogP) is 5.07. The molecule has 1 aromatic carbocycles. The number of thiazole rings is 1. The number of benzene rings is 1. The van der Waals surface area contributed by atoms with E-state index in [-0.39, 0.29) is 5.91 Å². The van der Waals surface area contributed by atoms with E-state index in [9.17, 15) is 4.79 Å². The molecule has 3 aromatic rings. The van der Waals surface area contributed by atoms with E-state index in [0.29, 0.717) is 28.0 Å². The van der Waals surface area contributed by atoms with Gasteiger partial charge < -0.3 is 9.32 Å². The summed E-state index contributed by atoms with van der Waals surface area (Å²) in [6.45, 7) is 7.11. The van der Waals surface area contributed by atoms with E-state index < -0.39 is 0 Å². The van der Waals surface area contributed by atoms with Gasteiger partial charge in [-0.3, -0.25) is 9.69 Å². The molecule has 0 radical (unpaired) electrons. The molecule has 2 aromatic heterocycles. The lowest BCUT2D eigenvalue weighted by Crippen LogP contribution is -2.33. The first-order valence-electron chi connectivity index (χ1n) is 8.87. The van der Waals surface area contributed by atoms with Crippen LogP contribution in [-0.4, -0.2) is 43.0 Å². The number of aromatic nitrogens is 1. The fraction of sp³-hybridized carbons (Fsp3) is 0.400. The van der Waals surface area contributed by atoms with Gasteiger partial charge in [-0.05, 0) is 71.6 Å².